The molecule has 2 aliphatic rings. The summed E-state index contributed by atoms with van der Waals surface area (Å²) in [5, 5.41) is 3.14. The summed E-state index contributed by atoms with van der Waals surface area (Å²) in [6, 6.07) is 4.89. The van der Waals surface area contributed by atoms with E-state index in [1.807, 2.05) is 0 Å². The topological polar surface area (TPSA) is 73.6 Å². The van der Waals surface area contributed by atoms with Crippen molar-refractivity contribution in [3.05, 3.63) is 35.5 Å². The molecule has 1 aromatic heterocycles. The smallest absolute Gasteiger partial charge is 0.226 e. The molecule has 1 heterocycles. The molecule has 2 aliphatic carbocycles. The van der Waals surface area contributed by atoms with Gasteiger partial charge in [0, 0.05) is 18.5 Å². The van der Waals surface area contributed by atoms with E-state index in [4.69, 9.17) is 13.9 Å². The van der Waals surface area contributed by atoms with Gasteiger partial charge in [-0.05, 0) is 62.6 Å². The highest BCUT2D eigenvalue weighted by atomic mass is 19.1. The summed E-state index contributed by atoms with van der Waals surface area (Å²) in [6.07, 6.45) is 4.75. The number of oxazole rings is 1. The molecular formula is C24H31FN2O4. The first kappa shape index (κ1) is 22.0. The predicted molar refractivity (Wildman–Crippen MR) is 115 cm³/mol. The van der Waals surface area contributed by atoms with Crippen LogP contribution in [0.15, 0.2) is 22.6 Å². The molecule has 2 unspecified atom stereocenters. The molecular weight excluding hydrogens is 399 g/mol. The lowest BCUT2D eigenvalue weighted by Gasteiger charge is -2.22. The van der Waals surface area contributed by atoms with Crippen molar-refractivity contribution in [2.45, 2.75) is 52.1 Å². The molecule has 0 amide bonds. The van der Waals surface area contributed by atoms with Crippen LogP contribution < -0.4 is 10.1 Å². The minimum absolute atomic E-state index is 0.0819. The number of nitrogens with one attached hydrogen (secondary N) is 1. The normalized spacial score (nSPS) is 19.1. The standard InChI is InChI=1S/C24H31FN2O4/c1-15(11-26-12-16(2)28)13-29-19-6-7-21-23(10-19)31-24(27-21)18-5-8-22(20(25)9-18)30-14-17-3-4-17/h5,8-9,15,17,19,26H,3-4,6-7,10-14H2,1-2H3. The second-order valence-electron chi connectivity index (χ2n) is 8.92. The maximum absolute atomic E-state index is 14.4. The Balaban J connectivity index is 1.30. The van der Waals surface area contributed by atoms with E-state index in [0.29, 0.717) is 49.5 Å². The van der Waals surface area contributed by atoms with E-state index in [1.165, 1.54) is 18.9 Å². The minimum Gasteiger partial charge on any atom is -0.490 e. The van der Waals surface area contributed by atoms with E-state index in [0.717, 1.165) is 30.8 Å². The number of benzene rings is 1. The molecule has 7 heteroatoms. The van der Waals surface area contributed by atoms with Gasteiger partial charge in [-0.1, -0.05) is 6.92 Å². The van der Waals surface area contributed by atoms with Gasteiger partial charge in [0.1, 0.15) is 11.5 Å². The van der Waals surface area contributed by atoms with E-state index < -0.39 is 0 Å². The average Bonchev–Trinajstić information content (AvgIpc) is 3.47. The maximum Gasteiger partial charge on any atom is 0.226 e. The minimum atomic E-state index is -0.386. The van der Waals surface area contributed by atoms with Crippen molar-refractivity contribution in [3.63, 3.8) is 0 Å². The molecule has 0 bridgehead atoms. The molecule has 1 fully saturated rings. The summed E-state index contributed by atoms with van der Waals surface area (Å²) in [5.41, 5.74) is 1.55. The van der Waals surface area contributed by atoms with Crippen molar-refractivity contribution in [2.24, 2.45) is 11.8 Å². The van der Waals surface area contributed by atoms with Gasteiger partial charge in [-0.3, -0.25) is 4.79 Å². The highest BCUT2D eigenvalue weighted by Crippen LogP contribution is 2.33. The summed E-state index contributed by atoms with van der Waals surface area (Å²) >= 11 is 0. The molecule has 1 N–H and O–H groups in total. The second-order valence-corrected chi connectivity index (χ2v) is 8.92. The van der Waals surface area contributed by atoms with Crippen molar-refractivity contribution in [1.29, 1.82) is 0 Å². The molecule has 0 spiro atoms. The maximum atomic E-state index is 14.4. The number of halogens is 1. The molecule has 168 valence electrons. The first-order valence-electron chi connectivity index (χ1n) is 11.2. The van der Waals surface area contributed by atoms with Crippen LogP contribution in [-0.4, -0.2) is 43.2 Å². The number of fused-ring (bicyclic) bond motifs is 1. The second kappa shape index (κ2) is 9.92. The average molecular weight is 431 g/mol. The first-order valence-corrected chi connectivity index (χ1v) is 11.2. The summed E-state index contributed by atoms with van der Waals surface area (Å²) in [6.45, 7) is 6.02. The van der Waals surface area contributed by atoms with Gasteiger partial charge in [0.2, 0.25) is 5.89 Å². The molecule has 6 nitrogen and oxygen atoms in total. The van der Waals surface area contributed by atoms with Crippen LogP contribution in [0.2, 0.25) is 0 Å². The largest absolute Gasteiger partial charge is 0.490 e. The Morgan fingerprint density at radius 2 is 2.19 bits per heavy atom. The lowest BCUT2D eigenvalue weighted by Crippen LogP contribution is -2.30. The zero-order chi connectivity index (χ0) is 21.8. The zero-order valence-corrected chi connectivity index (χ0v) is 18.3. The Kier molecular flexibility index (Phi) is 7.02. The van der Waals surface area contributed by atoms with Crippen molar-refractivity contribution in [1.82, 2.24) is 10.3 Å². The van der Waals surface area contributed by atoms with Crippen LogP contribution >= 0.6 is 0 Å². The van der Waals surface area contributed by atoms with Gasteiger partial charge in [0.25, 0.3) is 0 Å². The summed E-state index contributed by atoms with van der Waals surface area (Å²) in [4.78, 5) is 15.6. The summed E-state index contributed by atoms with van der Waals surface area (Å²) < 4.78 is 32.0. The van der Waals surface area contributed by atoms with Crippen LogP contribution in [-0.2, 0) is 22.4 Å². The summed E-state index contributed by atoms with van der Waals surface area (Å²) in [5.74, 6) is 2.19. The number of hydrogen-bond donors (Lipinski definition) is 1. The SMILES string of the molecule is CC(=O)CNCC(C)COC1CCc2nc(-c3ccc(OCC4CC4)c(F)c3)oc2C1. The monoisotopic (exact) mass is 430 g/mol. The highest BCUT2D eigenvalue weighted by molar-refractivity contribution is 5.77. The number of Topliss-reactive ketones (excluding diaryl/α,β-unsaturated/α-hetero) is 1. The third-order valence-corrected chi connectivity index (χ3v) is 5.73. The third-order valence-electron chi connectivity index (χ3n) is 5.73. The molecule has 31 heavy (non-hydrogen) atoms. The number of ether oxygens (including phenoxy) is 2. The van der Waals surface area contributed by atoms with Gasteiger partial charge in [-0.2, -0.15) is 0 Å². The Morgan fingerprint density at radius 1 is 1.35 bits per heavy atom. The lowest BCUT2D eigenvalue weighted by molar-refractivity contribution is -0.116. The number of carbonyl (C=O) groups excluding carboxylic acids is 1. The number of rotatable bonds is 11. The van der Waals surface area contributed by atoms with Gasteiger partial charge >= 0.3 is 0 Å². The Labute approximate surface area is 182 Å². The molecule has 4 rings (SSSR count). The van der Waals surface area contributed by atoms with Crippen molar-refractivity contribution in [2.75, 3.05) is 26.3 Å². The molecule has 0 aliphatic heterocycles. The molecule has 0 radical (unpaired) electrons. The van der Waals surface area contributed by atoms with Gasteiger partial charge < -0.3 is 19.2 Å². The van der Waals surface area contributed by atoms with Crippen LogP contribution in [0.25, 0.3) is 11.5 Å². The Hall–Kier alpha value is -2.25. The Morgan fingerprint density at radius 3 is 2.94 bits per heavy atom. The highest BCUT2D eigenvalue weighted by Gasteiger charge is 2.26. The van der Waals surface area contributed by atoms with Crippen LogP contribution in [0.4, 0.5) is 4.39 Å². The zero-order valence-electron chi connectivity index (χ0n) is 18.3. The number of carbonyl (C=O) groups is 1. The number of ketones is 1. The van der Waals surface area contributed by atoms with E-state index in [1.54, 1.807) is 19.1 Å². The summed E-state index contributed by atoms with van der Waals surface area (Å²) in [7, 11) is 0. The first-order chi connectivity index (χ1) is 15.0. The van der Waals surface area contributed by atoms with E-state index in [2.05, 4.69) is 17.2 Å². The molecule has 1 aromatic carbocycles. The molecule has 2 atom stereocenters. The predicted octanol–water partition coefficient (Wildman–Crippen LogP) is 3.96. The van der Waals surface area contributed by atoms with Crippen molar-refractivity contribution in [3.8, 4) is 17.2 Å². The van der Waals surface area contributed by atoms with Gasteiger partial charge in [0.05, 0.1) is 31.6 Å². The van der Waals surface area contributed by atoms with Crippen LogP contribution in [0, 0.1) is 17.7 Å². The van der Waals surface area contributed by atoms with Crippen LogP contribution in [0.1, 0.15) is 44.6 Å². The van der Waals surface area contributed by atoms with Crippen LogP contribution in [0.3, 0.4) is 0 Å². The number of aromatic nitrogens is 1. The van der Waals surface area contributed by atoms with Crippen LogP contribution in [0.5, 0.6) is 5.75 Å². The Bertz CT molecular complexity index is 909. The van der Waals surface area contributed by atoms with Crippen molar-refractivity contribution < 1.29 is 23.1 Å². The van der Waals surface area contributed by atoms with E-state index in [9.17, 15) is 9.18 Å². The number of nitrogens with zero attached hydrogens (tertiary/aromatic N) is 1. The van der Waals surface area contributed by atoms with Gasteiger partial charge in [-0.15, -0.1) is 0 Å². The third kappa shape index (κ3) is 6.14. The molecule has 0 saturated heterocycles. The van der Waals surface area contributed by atoms with Gasteiger partial charge in [-0.25, -0.2) is 9.37 Å². The fraction of sp³-hybridized carbons (Fsp3) is 0.583. The van der Waals surface area contributed by atoms with E-state index in [-0.39, 0.29) is 23.5 Å². The lowest BCUT2D eigenvalue weighted by atomic mass is 9.99. The molecule has 1 saturated carbocycles. The van der Waals surface area contributed by atoms with Crippen molar-refractivity contribution >= 4 is 5.78 Å². The molecule has 2 aromatic rings. The fourth-order valence-electron chi connectivity index (χ4n) is 3.71. The quantitative estimate of drug-likeness (QED) is 0.582. The fourth-order valence-corrected chi connectivity index (χ4v) is 3.71. The number of hydrogen-bond acceptors (Lipinski definition) is 6. The number of aryl methyl sites for hydroxylation is 1. The van der Waals surface area contributed by atoms with Gasteiger partial charge in [0.15, 0.2) is 11.6 Å². The van der Waals surface area contributed by atoms with E-state index >= 15 is 0 Å².